The molecule has 0 bridgehead atoms. The number of aryl methyl sites for hydroxylation is 2. The standard InChI is InChI=1S/C15H14BrF3N6O/c1-3-24-7-9(6-21-24)5-20-14(26)12-11(16)13-22-8(2)4-10(15(17,18)19)25(13)23-12/h4,6-7H,3,5H2,1-2H3,(H,20,26). The molecule has 0 unspecified atom stereocenters. The highest BCUT2D eigenvalue weighted by Gasteiger charge is 2.36. The summed E-state index contributed by atoms with van der Waals surface area (Å²) < 4.78 is 42.1. The molecule has 0 aliphatic rings. The molecular formula is C15H14BrF3N6O. The number of aromatic nitrogens is 5. The number of amides is 1. The number of hydrogen-bond donors (Lipinski definition) is 1. The van der Waals surface area contributed by atoms with Crippen LogP contribution in [0.2, 0.25) is 0 Å². The molecule has 0 aromatic carbocycles. The molecule has 0 spiro atoms. The summed E-state index contributed by atoms with van der Waals surface area (Å²) >= 11 is 3.14. The van der Waals surface area contributed by atoms with Crippen molar-refractivity contribution in [3.05, 3.63) is 45.6 Å². The van der Waals surface area contributed by atoms with E-state index in [9.17, 15) is 18.0 Å². The number of halogens is 4. The topological polar surface area (TPSA) is 77.1 Å². The van der Waals surface area contributed by atoms with Crippen LogP contribution in [0.15, 0.2) is 22.9 Å². The first-order valence-electron chi connectivity index (χ1n) is 7.63. The molecule has 0 atom stereocenters. The van der Waals surface area contributed by atoms with E-state index < -0.39 is 17.8 Å². The largest absolute Gasteiger partial charge is 0.433 e. The third-order valence-corrected chi connectivity index (χ3v) is 4.36. The van der Waals surface area contributed by atoms with Crippen molar-refractivity contribution in [1.29, 1.82) is 0 Å². The van der Waals surface area contributed by atoms with Crippen LogP contribution >= 0.6 is 15.9 Å². The second kappa shape index (κ2) is 6.71. The fourth-order valence-corrected chi connectivity index (χ4v) is 2.91. The highest BCUT2D eigenvalue weighted by atomic mass is 79.9. The van der Waals surface area contributed by atoms with E-state index in [2.05, 4.69) is 36.4 Å². The van der Waals surface area contributed by atoms with Crippen LogP contribution in [0.4, 0.5) is 13.2 Å². The lowest BCUT2D eigenvalue weighted by Gasteiger charge is -2.09. The molecule has 26 heavy (non-hydrogen) atoms. The van der Waals surface area contributed by atoms with Crippen LogP contribution in [0.25, 0.3) is 5.65 Å². The van der Waals surface area contributed by atoms with E-state index in [4.69, 9.17) is 0 Å². The Bertz CT molecular complexity index is 978. The Hall–Kier alpha value is -2.43. The van der Waals surface area contributed by atoms with E-state index in [-0.39, 0.29) is 28.1 Å². The van der Waals surface area contributed by atoms with Crippen LogP contribution in [-0.4, -0.2) is 30.3 Å². The number of carbonyl (C=O) groups is 1. The van der Waals surface area contributed by atoms with Crippen LogP contribution in [-0.2, 0) is 19.3 Å². The van der Waals surface area contributed by atoms with Gasteiger partial charge >= 0.3 is 6.18 Å². The third-order valence-electron chi connectivity index (χ3n) is 3.63. The maximum absolute atomic E-state index is 13.2. The Morgan fingerprint density at radius 2 is 2.12 bits per heavy atom. The van der Waals surface area contributed by atoms with Crippen LogP contribution in [0.5, 0.6) is 0 Å². The second-order valence-corrected chi connectivity index (χ2v) is 6.36. The molecular weight excluding hydrogens is 417 g/mol. The monoisotopic (exact) mass is 430 g/mol. The smallest absolute Gasteiger partial charge is 0.346 e. The van der Waals surface area contributed by atoms with Crippen molar-refractivity contribution in [2.45, 2.75) is 33.1 Å². The summed E-state index contributed by atoms with van der Waals surface area (Å²) in [6.07, 6.45) is -1.25. The molecule has 138 valence electrons. The van der Waals surface area contributed by atoms with Gasteiger partial charge in [0.15, 0.2) is 11.3 Å². The average molecular weight is 431 g/mol. The molecule has 3 aromatic rings. The Kier molecular flexibility index (Phi) is 4.74. The molecule has 0 radical (unpaired) electrons. The van der Waals surface area contributed by atoms with Gasteiger partial charge in [-0.25, -0.2) is 9.50 Å². The summed E-state index contributed by atoms with van der Waals surface area (Å²) in [5.74, 6) is -0.614. The molecule has 1 N–H and O–H groups in total. The molecule has 3 aromatic heterocycles. The zero-order chi connectivity index (χ0) is 19.1. The van der Waals surface area contributed by atoms with E-state index in [0.717, 1.165) is 11.6 Å². The summed E-state index contributed by atoms with van der Waals surface area (Å²) in [5.41, 5.74) is -0.295. The Labute approximate surface area is 154 Å². The van der Waals surface area contributed by atoms with Crippen LogP contribution in [0, 0.1) is 6.92 Å². The van der Waals surface area contributed by atoms with Crippen molar-refractivity contribution in [2.24, 2.45) is 0 Å². The number of rotatable bonds is 4. The fourth-order valence-electron chi connectivity index (χ4n) is 2.40. The summed E-state index contributed by atoms with van der Waals surface area (Å²) in [7, 11) is 0. The first-order chi connectivity index (χ1) is 12.2. The molecule has 0 saturated carbocycles. The minimum atomic E-state index is -4.63. The molecule has 1 amide bonds. The minimum absolute atomic E-state index is 0.0683. The molecule has 11 heteroatoms. The zero-order valence-corrected chi connectivity index (χ0v) is 15.4. The van der Waals surface area contributed by atoms with Crippen molar-refractivity contribution < 1.29 is 18.0 Å². The average Bonchev–Trinajstić information content (AvgIpc) is 3.16. The zero-order valence-electron chi connectivity index (χ0n) is 13.8. The minimum Gasteiger partial charge on any atom is -0.346 e. The highest BCUT2D eigenvalue weighted by molar-refractivity contribution is 9.10. The predicted octanol–water partition coefficient (Wildman–Crippen LogP) is 2.97. The summed E-state index contributed by atoms with van der Waals surface area (Å²) in [6, 6.07) is 0.882. The van der Waals surface area contributed by atoms with Crippen molar-refractivity contribution in [3.63, 3.8) is 0 Å². The predicted molar refractivity (Wildman–Crippen MR) is 89.5 cm³/mol. The quantitative estimate of drug-likeness (QED) is 0.690. The van der Waals surface area contributed by atoms with E-state index in [1.54, 1.807) is 17.1 Å². The molecule has 3 rings (SSSR count). The van der Waals surface area contributed by atoms with Crippen molar-refractivity contribution in [2.75, 3.05) is 0 Å². The van der Waals surface area contributed by atoms with Gasteiger partial charge in [-0.3, -0.25) is 9.48 Å². The Morgan fingerprint density at radius 1 is 1.38 bits per heavy atom. The van der Waals surface area contributed by atoms with Crippen LogP contribution < -0.4 is 5.32 Å². The van der Waals surface area contributed by atoms with Gasteiger partial charge in [-0.2, -0.15) is 23.4 Å². The summed E-state index contributed by atoms with van der Waals surface area (Å²) in [4.78, 5) is 16.4. The van der Waals surface area contributed by atoms with Gasteiger partial charge in [0, 0.05) is 30.5 Å². The van der Waals surface area contributed by atoms with Gasteiger partial charge in [-0.1, -0.05) is 0 Å². The van der Waals surface area contributed by atoms with Gasteiger partial charge in [0.2, 0.25) is 0 Å². The lowest BCUT2D eigenvalue weighted by atomic mass is 10.3. The van der Waals surface area contributed by atoms with Gasteiger partial charge in [-0.15, -0.1) is 0 Å². The van der Waals surface area contributed by atoms with Gasteiger partial charge in [-0.05, 0) is 35.8 Å². The third kappa shape index (κ3) is 3.43. The molecule has 0 fully saturated rings. The number of hydrogen-bond acceptors (Lipinski definition) is 4. The number of nitrogens with zero attached hydrogens (tertiary/aromatic N) is 5. The van der Waals surface area contributed by atoms with Crippen molar-refractivity contribution in [1.82, 2.24) is 29.7 Å². The van der Waals surface area contributed by atoms with Gasteiger partial charge in [0.05, 0.1) is 10.7 Å². The number of nitrogens with one attached hydrogen (secondary N) is 1. The summed E-state index contributed by atoms with van der Waals surface area (Å²) in [6.45, 7) is 4.24. The second-order valence-electron chi connectivity index (χ2n) is 5.57. The SMILES string of the molecule is CCn1cc(CNC(=O)c2nn3c(C(F)(F)F)cc(C)nc3c2Br)cn1. The Balaban J connectivity index is 1.92. The Morgan fingerprint density at radius 3 is 2.73 bits per heavy atom. The van der Waals surface area contributed by atoms with Gasteiger partial charge < -0.3 is 5.32 Å². The fraction of sp³-hybridized carbons (Fsp3) is 0.333. The first kappa shape index (κ1) is 18.4. The molecule has 7 nitrogen and oxygen atoms in total. The van der Waals surface area contributed by atoms with Crippen molar-refractivity contribution in [3.8, 4) is 0 Å². The number of alkyl halides is 3. The normalized spacial score (nSPS) is 11.9. The highest BCUT2D eigenvalue weighted by Crippen LogP contribution is 2.32. The lowest BCUT2D eigenvalue weighted by molar-refractivity contribution is -0.142. The number of fused-ring (bicyclic) bond motifs is 1. The maximum Gasteiger partial charge on any atom is 0.433 e. The first-order valence-corrected chi connectivity index (χ1v) is 8.42. The van der Waals surface area contributed by atoms with Gasteiger partial charge in [0.1, 0.15) is 5.69 Å². The lowest BCUT2D eigenvalue weighted by Crippen LogP contribution is -2.23. The van der Waals surface area contributed by atoms with E-state index in [1.807, 2.05) is 6.92 Å². The maximum atomic E-state index is 13.2. The summed E-state index contributed by atoms with van der Waals surface area (Å²) in [5, 5.41) is 10.5. The van der Waals surface area contributed by atoms with Crippen molar-refractivity contribution >= 4 is 27.5 Å². The molecule has 3 heterocycles. The van der Waals surface area contributed by atoms with Crippen LogP contribution in [0.3, 0.4) is 0 Å². The molecule has 0 aliphatic carbocycles. The number of carbonyl (C=O) groups excluding carboxylic acids is 1. The van der Waals surface area contributed by atoms with E-state index >= 15 is 0 Å². The van der Waals surface area contributed by atoms with E-state index in [0.29, 0.717) is 11.1 Å². The van der Waals surface area contributed by atoms with Crippen LogP contribution in [0.1, 0.15) is 34.4 Å². The molecule has 0 aliphatic heterocycles. The van der Waals surface area contributed by atoms with E-state index in [1.165, 1.54) is 6.92 Å². The van der Waals surface area contributed by atoms with Gasteiger partial charge in [0.25, 0.3) is 5.91 Å². The molecule has 0 saturated heterocycles.